The fourth-order valence-electron chi connectivity index (χ4n) is 4.39. The number of hydrogen-bond acceptors (Lipinski definition) is 6. The lowest BCUT2D eigenvalue weighted by Crippen LogP contribution is -2.55. The molecule has 7 heteroatoms. The molecule has 2 atom stereocenters. The van der Waals surface area contributed by atoms with Crippen molar-refractivity contribution in [1.82, 2.24) is 9.80 Å². The van der Waals surface area contributed by atoms with Crippen molar-refractivity contribution in [3.8, 4) is 0 Å². The largest absolute Gasteiger partial charge is 0.460 e. The summed E-state index contributed by atoms with van der Waals surface area (Å²) in [5.41, 5.74) is 1.62. The number of esters is 1. The maximum atomic E-state index is 12.8. The van der Waals surface area contributed by atoms with E-state index in [9.17, 15) is 4.79 Å². The summed E-state index contributed by atoms with van der Waals surface area (Å²) in [5.74, 6) is -0.0302. The molecule has 0 N–H and O–H groups in total. The van der Waals surface area contributed by atoms with Gasteiger partial charge in [-0.25, -0.2) is 9.80 Å². The lowest BCUT2D eigenvalue weighted by atomic mass is 9.94. The van der Waals surface area contributed by atoms with Gasteiger partial charge in [-0.2, -0.15) is 0 Å². The minimum atomic E-state index is -0.527. The summed E-state index contributed by atoms with van der Waals surface area (Å²) in [7, 11) is 2.14. The Morgan fingerprint density at radius 3 is 2.53 bits per heavy atom. The quantitative estimate of drug-likeness (QED) is 0.688. The number of anilines is 1. The molecule has 0 amide bonds. The Morgan fingerprint density at radius 1 is 1.17 bits per heavy atom. The van der Waals surface area contributed by atoms with Gasteiger partial charge in [-0.1, -0.05) is 41.9 Å². The number of carbonyl (C=O) groups excluding carboxylic acids is 1. The predicted octanol–water partition coefficient (Wildman–Crippen LogP) is 4.13. The average Bonchev–Trinajstić information content (AvgIpc) is 2.96. The van der Waals surface area contributed by atoms with Crippen molar-refractivity contribution >= 4 is 29.1 Å². The van der Waals surface area contributed by atoms with Crippen LogP contribution in [0.1, 0.15) is 31.9 Å². The molecule has 2 aliphatic rings. The smallest absolute Gasteiger partial charge is 0.376 e. The molecule has 6 nitrogen and oxygen atoms in total. The molecule has 0 radical (unpaired) electrons. The van der Waals surface area contributed by atoms with E-state index in [0.717, 1.165) is 18.7 Å². The summed E-state index contributed by atoms with van der Waals surface area (Å²) < 4.78 is 5.33. The molecule has 158 valence electrons. The van der Waals surface area contributed by atoms with Crippen LogP contribution in [-0.4, -0.2) is 54.0 Å². The molecule has 2 heterocycles. The first-order chi connectivity index (χ1) is 14.4. The van der Waals surface area contributed by atoms with E-state index in [0.29, 0.717) is 24.0 Å². The van der Waals surface area contributed by atoms with Gasteiger partial charge in [0.15, 0.2) is 0 Å². The fourth-order valence-corrected chi connectivity index (χ4v) is 4.52. The van der Waals surface area contributed by atoms with E-state index < -0.39 is 5.66 Å². The molecular weight excluding hydrogens is 400 g/mol. The number of rotatable bonds is 4. The summed E-state index contributed by atoms with van der Waals surface area (Å²) in [5, 5.41) is 7.37. The van der Waals surface area contributed by atoms with Gasteiger partial charge in [-0.3, -0.25) is 4.90 Å². The summed E-state index contributed by atoms with van der Waals surface area (Å²) in [4.78, 5) is 17.2. The van der Waals surface area contributed by atoms with Crippen molar-refractivity contribution < 1.29 is 9.53 Å². The first kappa shape index (κ1) is 20.7. The lowest BCUT2D eigenvalue weighted by Gasteiger charge is -2.41. The molecule has 2 aliphatic heterocycles. The van der Waals surface area contributed by atoms with Gasteiger partial charge in [0.2, 0.25) is 5.84 Å². The van der Waals surface area contributed by atoms with Crippen molar-refractivity contribution in [1.29, 1.82) is 0 Å². The van der Waals surface area contributed by atoms with Crippen LogP contribution in [0.15, 0.2) is 59.7 Å². The van der Waals surface area contributed by atoms with Crippen LogP contribution in [-0.2, 0) is 9.53 Å². The number of benzene rings is 2. The molecule has 0 aromatic heterocycles. The molecular formula is C23H27ClN4O2. The third-order valence-electron chi connectivity index (χ3n) is 5.99. The van der Waals surface area contributed by atoms with E-state index in [-0.39, 0.29) is 12.0 Å². The number of halogens is 1. The Bertz CT molecular complexity index is 934. The Labute approximate surface area is 182 Å². The van der Waals surface area contributed by atoms with E-state index in [1.165, 1.54) is 5.56 Å². The van der Waals surface area contributed by atoms with Gasteiger partial charge < -0.3 is 9.64 Å². The minimum Gasteiger partial charge on any atom is -0.460 e. The normalized spacial score (nSPS) is 24.3. The highest BCUT2D eigenvalue weighted by atomic mass is 35.5. The highest BCUT2D eigenvalue weighted by Gasteiger charge is 2.51. The van der Waals surface area contributed by atoms with Crippen LogP contribution in [0.3, 0.4) is 0 Å². The van der Waals surface area contributed by atoms with Crippen LogP contribution in [0, 0.1) is 0 Å². The zero-order valence-corrected chi connectivity index (χ0v) is 18.3. The van der Waals surface area contributed by atoms with E-state index >= 15 is 0 Å². The van der Waals surface area contributed by atoms with Gasteiger partial charge in [0.25, 0.3) is 0 Å². The number of nitrogens with zero attached hydrogens (tertiary/aromatic N) is 4. The topological polar surface area (TPSA) is 48.4 Å². The van der Waals surface area contributed by atoms with Crippen molar-refractivity contribution in [2.75, 3.05) is 31.8 Å². The Kier molecular flexibility index (Phi) is 5.71. The van der Waals surface area contributed by atoms with Gasteiger partial charge in [-0.15, -0.1) is 5.10 Å². The molecule has 30 heavy (non-hydrogen) atoms. The molecule has 1 saturated heterocycles. The molecule has 0 bridgehead atoms. The van der Waals surface area contributed by atoms with Crippen LogP contribution < -0.4 is 5.01 Å². The predicted molar refractivity (Wildman–Crippen MR) is 120 cm³/mol. The molecule has 2 aromatic carbocycles. The van der Waals surface area contributed by atoms with E-state index in [2.05, 4.69) is 48.0 Å². The molecule has 2 aromatic rings. The van der Waals surface area contributed by atoms with Crippen LogP contribution in [0.2, 0.25) is 5.02 Å². The van der Waals surface area contributed by atoms with E-state index in [4.69, 9.17) is 21.4 Å². The average molecular weight is 427 g/mol. The first-order valence-corrected chi connectivity index (χ1v) is 10.7. The van der Waals surface area contributed by atoms with Gasteiger partial charge in [-0.05, 0) is 50.7 Å². The van der Waals surface area contributed by atoms with Crippen LogP contribution in [0.25, 0.3) is 0 Å². The summed E-state index contributed by atoms with van der Waals surface area (Å²) in [6.45, 7) is 5.76. The minimum absolute atomic E-state index is 0.188. The number of hydrazone groups is 1. The zero-order valence-electron chi connectivity index (χ0n) is 17.6. The second-order valence-corrected chi connectivity index (χ2v) is 8.35. The number of likely N-dealkylation sites (N-methyl/N-ethyl adjacent to an activating group) is 1. The highest BCUT2D eigenvalue weighted by molar-refractivity contribution is 6.36. The monoisotopic (exact) mass is 426 g/mol. The van der Waals surface area contributed by atoms with Gasteiger partial charge in [0, 0.05) is 30.6 Å². The molecule has 1 fully saturated rings. The van der Waals surface area contributed by atoms with E-state index in [1.54, 1.807) is 0 Å². The third kappa shape index (κ3) is 3.66. The summed E-state index contributed by atoms with van der Waals surface area (Å²) in [6, 6.07) is 18.3. The van der Waals surface area contributed by atoms with Crippen molar-refractivity contribution in [2.24, 2.45) is 5.10 Å². The Morgan fingerprint density at radius 2 is 1.87 bits per heavy atom. The maximum absolute atomic E-state index is 12.8. The third-order valence-corrected chi connectivity index (χ3v) is 6.24. The number of carbonyl (C=O) groups is 1. The van der Waals surface area contributed by atoms with Crippen LogP contribution in [0.4, 0.5) is 5.69 Å². The molecule has 4 rings (SSSR count). The molecule has 0 spiro atoms. The van der Waals surface area contributed by atoms with Gasteiger partial charge >= 0.3 is 5.97 Å². The number of fused-ring (bicyclic) bond motifs is 1. The summed E-state index contributed by atoms with van der Waals surface area (Å²) in [6.07, 6.45) is 0.766. The second-order valence-electron chi connectivity index (χ2n) is 7.91. The number of amidine groups is 1. The molecule has 1 unspecified atom stereocenters. The SMILES string of the molecule is CCOC(=O)C1=NN(c2ccc(Cl)cc2)[C@@]2(C)CC(c3ccccc3)N(C)CCN12. The Hall–Kier alpha value is -2.57. The standard InChI is InChI=1S/C23H27ClN4O2/c1-4-30-22(29)21-25-28(19-12-10-18(24)11-13-19)23(2)16-20(17-8-6-5-7-9-17)26(3)14-15-27(21)23/h5-13,20H,4,14-16H2,1-3H3/t20?,23-/m0/s1. The highest BCUT2D eigenvalue weighted by Crippen LogP contribution is 2.43. The number of hydrogen-bond donors (Lipinski definition) is 0. The van der Waals surface area contributed by atoms with Crippen LogP contribution >= 0.6 is 11.6 Å². The van der Waals surface area contributed by atoms with Crippen LogP contribution in [0.5, 0.6) is 0 Å². The summed E-state index contributed by atoms with van der Waals surface area (Å²) >= 11 is 6.11. The Balaban J connectivity index is 1.78. The van der Waals surface area contributed by atoms with Crippen molar-refractivity contribution in [3.63, 3.8) is 0 Å². The molecule has 0 saturated carbocycles. The second kappa shape index (κ2) is 8.28. The lowest BCUT2D eigenvalue weighted by molar-refractivity contribution is -0.136. The fraction of sp³-hybridized carbons (Fsp3) is 0.391. The molecule has 0 aliphatic carbocycles. The number of ether oxygens (including phenoxy) is 1. The maximum Gasteiger partial charge on any atom is 0.376 e. The zero-order chi connectivity index (χ0) is 21.3. The van der Waals surface area contributed by atoms with Gasteiger partial charge in [0.05, 0.1) is 12.3 Å². The van der Waals surface area contributed by atoms with E-state index in [1.807, 2.05) is 42.3 Å². The van der Waals surface area contributed by atoms with Gasteiger partial charge in [0.1, 0.15) is 5.66 Å². The van der Waals surface area contributed by atoms with Crippen molar-refractivity contribution in [2.45, 2.75) is 32.0 Å². The first-order valence-electron chi connectivity index (χ1n) is 10.3. The van der Waals surface area contributed by atoms with Crippen molar-refractivity contribution in [3.05, 3.63) is 65.2 Å².